The molecule has 1 saturated carbocycles. The molecule has 4 fully saturated rings. The van der Waals surface area contributed by atoms with Gasteiger partial charge in [0, 0.05) is 23.8 Å². The maximum atomic E-state index is 15.0. The van der Waals surface area contributed by atoms with Gasteiger partial charge in [-0.25, -0.2) is 0 Å². The highest BCUT2D eigenvalue weighted by atomic mass is 79.9. The average molecular weight is 743 g/mol. The number of esters is 1. The fraction of sp³-hybridized carbons (Fsp3) is 0.632. The van der Waals surface area contributed by atoms with Gasteiger partial charge in [-0.05, 0) is 37.2 Å². The van der Waals surface area contributed by atoms with Gasteiger partial charge in [-0.2, -0.15) is 0 Å². The summed E-state index contributed by atoms with van der Waals surface area (Å²) < 4.78 is 13.0. The molecule has 9 atom stereocenters. The van der Waals surface area contributed by atoms with E-state index in [2.05, 4.69) is 34.4 Å². The van der Waals surface area contributed by atoms with E-state index in [1.54, 1.807) is 17.1 Å². The number of amides is 3. The number of rotatable bonds is 16. The zero-order valence-corrected chi connectivity index (χ0v) is 30.4. The fourth-order valence-electron chi connectivity index (χ4n) is 8.54. The van der Waals surface area contributed by atoms with Gasteiger partial charge in [0.2, 0.25) is 17.7 Å². The van der Waals surface area contributed by atoms with Crippen LogP contribution in [-0.2, 0) is 28.7 Å². The van der Waals surface area contributed by atoms with Crippen molar-refractivity contribution in [3.8, 4) is 0 Å². The fourth-order valence-corrected chi connectivity index (χ4v) is 9.48. The van der Waals surface area contributed by atoms with Crippen LogP contribution in [0.15, 0.2) is 55.6 Å². The topological polar surface area (TPSA) is 125 Å². The van der Waals surface area contributed by atoms with Crippen LogP contribution in [0, 0.1) is 17.8 Å². The lowest BCUT2D eigenvalue weighted by Gasteiger charge is -2.43. The number of carbonyl (C=O) groups excluding carboxylic acids is 4. The van der Waals surface area contributed by atoms with Gasteiger partial charge in [-0.15, -0.1) is 13.2 Å². The third kappa shape index (κ3) is 7.26. The average Bonchev–Trinajstić information content (AvgIpc) is 3.71. The van der Waals surface area contributed by atoms with E-state index in [0.29, 0.717) is 31.4 Å². The molecule has 3 heterocycles. The van der Waals surface area contributed by atoms with Crippen LogP contribution in [0.2, 0.25) is 0 Å². The first kappa shape index (κ1) is 37.2. The zero-order chi connectivity index (χ0) is 35.3. The predicted molar refractivity (Wildman–Crippen MR) is 189 cm³/mol. The molecule has 1 spiro atoms. The SMILES string of the molecule is C=CCCC(=O)NC[C@H](OC(=O)[C@H]1[C@@H]2O[C@@]3(CC2Br)[C@@H]1C(=O)N([C@@H](CO)[C@@H](C)CC)[C@@H]3C(=O)N(CC=C)C1CCCCC1)c1ccccc1. The highest BCUT2D eigenvalue weighted by molar-refractivity contribution is 9.09. The third-order valence-corrected chi connectivity index (χ3v) is 12.0. The normalized spacial score (nSPS) is 29.5. The molecule has 11 heteroatoms. The molecule has 268 valence electrons. The lowest BCUT2D eigenvalue weighted by Crippen LogP contribution is -2.61. The van der Waals surface area contributed by atoms with E-state index in [4.69, 9.17) is 9.47 Å². The highest BCUT2D eigenvalue weighted by Crippen LogP contribution is 2.61. The Morgan fingerprint density at radius 2 is 1.90 bits per heavy atom. The van der Waals surface area contributed by atoms with Crippen molar-refractivity contribution >= 4 is 39.6 Å². The Hall–Kier alpha value is -3.02. The van der Waals surface area contributed by atoms with Gasteiger partial charge < -0.3 is 29.7 Å². The molecular weight excluding hydrogens is 690 g/mol. The summed E-state index contributed by atoms with van der Waals surface area (Å²) in [4.78, 5) is 59.8. The molecule has 3 saturated heterocycles. The summed E-state index contributed by atoms with van der Waals surface area (Å²) in [6, 6.07) is 7.53. The minimum absolute atomic E-state index is 0.00952. The Bertz CT molecular complexity index is 1370. The van der Waals surface area contributed by atoms with E-state index < -0.39 is 47.7 Å². The molecule has 49 heavy (non-hydrogen) atoms. The zero-order valence-electron chi connectivity index (χ0n) is 28.8. The molecule has 1 aliphatic carbocycles. The van der Waals surface area contributed by atoms with Crippen molar-refractivity contribution in [3.05, 3.63) is 61.2 Å². The van der Waals surface area contributed by atoms with Crippen molar-refractivity contribution < 1.29 is 33.8 Å². The first-order valence-corrected chi connectivity index (χ1v) is 18.8. The summed E-state index contributed by atoms with van der Waals surface area (Å²) in [5.41, 5.74) is -0.585. The number of nitrogens with zero attached hydrogens (tertiary/aromatic N) is 2. The van der Waals surface area contributed by atoms with E-state index in [-0.39, 0.29) is 54.1 Å². The number of hydrogen-bond donors (Lipinski definition) is 2. The molecule has 0 aromatic heterocycles. The van der Waals surface area contributed by atoms with Gasteiger partial charge in [-0.1, -0.05) is 97.9 Å². The van der Waals surface area contributed by atoms with E-state index in [0.717, 1.165) is 32.1 Å². The van der Waals surface area contributed by atoms with Gasteiger partial charge in [0.1, 0.15) is 17.7 Å². The number of ether oxygens (including phenoxy) is 2. The van der Waals surface area contributed by atoms with Gasteiger partial charge in [0.25, 0.3) is 0 Å². The molecule has 2 N–H and O–H groups in total. The smallest absolute Gasteiger partial charge is 0.313 e. The van der Waals surface area contributed by atoms with Crippen molar-refractivity contribution in [2.24, 2.45) is 17.8 Å². The lowest BCUT2D eigenvalue weighted by molar-refractivity contribution is -0.161. The quantitative estimate of drug-likeness (QED) is 0.141. The van der Waals surface area contributed by atoms with Gasteiger partial charge >= 0.3 is 5.97 Å². The second kappa shape index (κ2) is 16.3. The summed E-state index contributed by atoms with van der Waals surface area (Å²) in [5.74, 6) is -3.47. The van der Waals surface area contributed by atoms with E-state index in [9.17, 15) is 24.3 Å². The highest BCUT2D eigenvalue weighted by Gasteiger charge is 2.78. The first-order chi connectivity index (χ1) is 23.6. The predicted octanol–water partition coefficient (Wildman–Crippen LogP) is 4.86. The number of alkyl halides is 1. The Labute approximate surface area is 298 Å². The molecule has 4 aliphatic rings. The van der Waals surface area contributed by atoms with Crippen LogP contribution < -0.4 is 5.32 Å². The van der Waals surface area contributed by atoms with Crippen molar-refractivity contribution in [3.63, 3.8) is 0 Å². The van der Waals surface area contributed by atoms with Crippen LogP contribution in [0.4, 0.5) is 0 Å². The Morgan fingerprint density at radius 1 is 1.18 bits per heavy atom. The van der Waals surface area contributed by atoms with Crippen molar-refractivity contribution in [1.29, 1.82) is 0 Å². The van der Waals surface area contributed by atoms with Crippen LogP contribution in [0.3, 0.4) is 0 Å². The molecule has 1 unspecified atom stereocenters. The van der Waals surface area contributed by atoms with E-state index in [1.807, 2.05) is 49.1 Å². The standard InChI is InChI=1S/C38H52BrN3O7/c1-5-8-19-30(44)40-22-29(25-15-11-9-12-16-25)48-37(47)31-32-35(45)42(28(23-43)24(4)7-3)34(38(32)21-27(39)33(31)49-38)36(46)41(20-6-2)26-17-13-10-14-18-26/h5-6,9,11-12,15-16,24,26-29,31-34,43H,1-2,7-8,10,13-14,17-23H2,3-4H3,(H,40,44)/t24-,27?,28-,29-,31+,32-,33+,34+,38-/m0/s1. The van der Waals surface area contributed by atoms with E-state index >= 15 is 0 Å². The second-order valence-corrected chi connectivity index (χ2v) is 15.3. The maximum absolute atomic E-state index is 15.0. The molecule has 0 radical (unpaired) electrons. The van der Waals surface area contributed by atoms with Crippen LogP contribution in [0.1, 0.15) is 83.3 Å². The number of aliphatic hydroxyl groups excluding tert-OH is 1. The summed E-state index contributed by atoms with van der Waals surface area (Å²) in [7, 11) is 0. The van der Waals surface area contributed by atoms with Crippen LogP contribution >= 0.6 is 15.9 Å². The summed E-state index contributed by atoms with van der Waals surface area (Å²) >= 11 is 3.76. The molecule has 1 aromatic carbocycles. The second-order valence-electron chi connectivity index (χ2n) is 14.1. The maximum Gasteiger partial charge on any atom is 0.313 e. The molecule has 2 bridgehead atoms. The minimum atomic E-state index is -1.28. The number of fused-ring (bicyclic) bond motifs is 1. The third-order valence-electron chi connectivity index (χ3n) is 11.2. The summed E-state index contributed by atoms with van der Waals surface area (Å²) in [6.07, 6.45) is 8.61. The van der Waals surface area contributed by atoms with Gasteiger partial charge in [-0.3, -0.25) is 19.2 Å². The molecular formula is C38H52BrN3O7. The van der Waals surface area contributed by atoms with Crippen molar-refractivity contribution in [1.82, 2.24) is 15.1 Å². The lowest BCUT2D eigenvalue weighted by atomic mass is 9.70. The van der Waals surface area contributed by atoms with Crippen LogP contribution in [-0.4, -0.2) is 93.0 Å². The first-order valence-electron chi connectivity index (χ1n) is 17.9. The number of carbonyl (C=O) groups is 4. The summed E-state index contributed by atoms with van der Waals surface area (Å²) in [5, 5.41) is 13.6. The summed E-state index contributed by atoms with van der Waals surface area (Å²) in [6.45, 7) is 11.6. The van der Waals surface area contributed by atoms with Crippen molar-refractivity contribution in [2.45, 2.75) is 112 Å². The van der Waals surface area contributed by atoms with Crippen molar-refractivity contribution in [2.75, 3.05) is 19.7 Å². The Kier molecular flexibility index (Phi) is 12.4. The largest absolute Gasteiger partial charge is 0.455 e. The Balaban J connectivity index is 1.51. The number of hydrogen-bond acceptors (Lipinski definition) is 7. The Morgan fingerprint density at radius 3 is 2.53 bits per heavy atom. The number of aliphatic hydroxyl groups is 1. The molecule has 5 rings (SSSR count). The van der Waals surface area contributed by atoms with Crippen LogP contribution in [0.5, 0.6) is 0 Å². The molecule has 10 nitrogen and oxygen atoms in total. The van der Waals surface area contributed by atoms with E-state index in [1.165, 1.54) is 0 Å². The van der Waals surface area contributed by atoms with Gasteiger partial charge in [0.05, 0.1) is 37.1 Å². The minimum Gasteiger partial charge on any atom is -0.455 e. The van der Waals surface area contributed by atoms with Gasteiger partial charge in [0.15, 0.2) is 0 Å². The number of allylic oxidation sites excluding steroid dienone is 1. The number of likely N-dealkylation sites (tertiary alicyclic amines) is 1. The number of halogens is 1. The monoisotopic (exact) mass is 741 g/mol. The molecule has 3 aliphatic heterocycles. The van der Waals surface area contributed by atoms with Crippen LogP contribution in [0.25, 0.3) is 0 Å². The number of benzene rings is 1. The molecule has 1 aromatic rings. The number of nitrogens with one attached hydrogen (secondary N) is 1. The molecule has 3 amide bonds.